The van der Waals surface area contributed by atoms with Gasteiger partial charge in [0.25, 0.3) is 5.91 Å². The fourth-order valence-electron chi connectivity index (χ4n) is 2.02. The Morgan fingerprint density at radius 2 is 2.47 bits per heavy atom. The Morgan fingerprint density at radius 3 is 3.12 bits per heavy atom. The largest absolute Gasteiger partial charge is 0.464 e. The van der Waals surface area contributed by atoms with Crippen molar-refractivity contribution in [2.45, 2.75) is 25.8 Å². The van der Waals surface area contributed by atoms with Crippen LogP contribution in [0.15, 0.2) is 12.5 Å². The van der Waals surface area contributed by atoms with E-state index in [0.717, 1.165) is 6.42 Å². The number of aromatic nitrogens is 2. The number of hydrogen-bond donors (Lipinski definition) is 1. The van der Waals surface area contributed by atoms with Gasteiger partial charge in [-0.15, -0.1) is 0 Å². The molecular weight excluding hydrogens is 222 g/mol. The molecule has 1 fully saturated rings. The lowest BCUT2D eigenvalue weighted by Crippen LogP contribution is -2.41. The summed E-state index contributed by atoms with van der Waals surface area (Å²) in [6, 6.07) is -0.453. The third-order valence-corrected chi connectivity index (χ3v) is 2.80. The van der Waals surface area contributed by atoms with E-state index in [0.29, 0.717) is 25.3 Å². The number of H-pyrrole nitrogens is 1. The van der Waals surface area contributed by atoms with Crippen molar-refractivity contribution in [3.63, 3.8) is 0 Å². The summed E-state index contributed by atoms with van der Waals surface area (Å²) in [7, 11) is 0. The molecule has 0 aromatic carbocycles. The van der Waals surface area contributed by atoms with Gasteiger partial charge >= 0.3 is 5.97 Å². The van der Waals surface area contributed by atoms with E-state index in [1.165, 1.54) is 12.5 Å². The summed E-state index contributed by atoms with van der Waals surface area (Å²) in [4.78, 5) is 31.9. The molecule has 0 saturated carbocycles. The molecule has 1 unspecified atom stereocenters. The smallest absolute Gasteiger partial charge is 0.328 e. The molecule has 6 nitrogen and oxygen atoms in total. The second-order valence-corrected chi connectivity index (χ2v) is 3.87. The number of nitrogens with one attached hydrogen (secondary N) is 1. The summed E-state index contributed by atoms with van der Waals surface area (Å²) in [6.45, 7) is 2.68. The van der Waals surface area contributed by atoms with Crippen LogP contribution in [-0.4, -0.2) is 45.9 Å². The fraction of sp³-hybridized carbons (Fsp3) is 0.545. The molecule has 0 spiro atoms. The van der Waals surface area contributed by atoms with E-state index in [1.54, 1.807) is 11.8 Å². The summed E-state index contributed by atoms with van der Waals surface area (Å²) < 4.78 is 4.96. The minimum Gasteiger partial charge on any atom is -0.464 e. The van der Waals surface area contributed by atoms with E-state index in [-0.39, 0.29) is 11.9 Å². The number of imidazole rings is 1. The van der Waals surface area contributed by atoms with Gasteiger partial charge in [0.05, 0.1) is 19.1 Å². The minimum atomic E-state index is -0.453. The van der Waals surface area contributed by atoms with Crippen molar-refractivity contribution < 1.29 is 14.3 Å². The van der Waals surface area contributed by atoms with Crippen LogP contribution in [-0.2, 0) is 9.53 Å². The molecule has 1 aliphatic rings. The molecule has 2 heterocycles. The van der Waals surface area contributed by atoms with Gasteiger partial charge < -0.3 is 14.6 Å². The average Bonchev–Trinajstić information content (AvgIpc) is 3.00. The van der Waals surface area contributed by atoms with Gasteiger partial charge in [0.2, 0.25) is 0 Å². The van der Waals surface area contributed by atoms with Gasteiger partial charge in [-0.1, -0.05) is 0 Å². The monoisotopic (exact) mass is 237 g/mol. The van der Waals surface area contributed by atoms with E-state index in [2.05, 4.69) is 9.97 Å². The molecule has 2 rings (SSSR count). The van der Waals surface area contributed by atoms with E-state index < -0.39 is 6.04 Å². The number of nitrogens with zero attached hydrogens (tertiary/aromatic N) is 2. The second-order valence-electron chi connectivity index (χ2n) is 3.87. The number of aromatic amines is 1. The Labute approximate surface area is 99.0 Å². The topological polar surface area (TPSA) is 75.3 Å². The molecule has 1 aromatic heterocycles. The molecule has 1 N–H and O–H groups in total. The predicted molar refractivity (Wildman–Crippen MR) is 59.3 cm³/mol. The van der Waals surface area contributed by atoms with Crippen LogP contribution in [0.1, 0.15) is 30.3 Å². The van der Waals surface area contributed by atoms with Crippen LogP contribution in [0, 0.1) is 0 Å². The highest BCUT2D eigenvalue weighted by atomic mass is 16.5. The number of rotatable bonds is 3. The minimum absolute atomic E-state index is 0.196. The number of likely N-dealkylation sites (tertiary alicyclic amines) is 1. The third kappa shape index (κ3) is 2.30. The second kappa shape index (κ2) is 4.99. The zero-order valence-electron chi connectivity index (χ0n) is 9.68. The Morgan fingerprint density at radius 1 is 1.65 bits per heavy atom. The average molecular weight is 237 g/mol. The van der Waals surface area contributed by atoms with Gasteiger partial charge in [0.15, 0.2) is 0 Å². The normalized spacial score (nSPS) is 19.4. The van der Waals surface area contributed by atoms with Crippen molar-refractivity contribution in [1.29, 1.82) is 0 Å². The SMILES string of the molecule is CCOC(=O)C1CCCN1C(=O)c1cnc[nH]1. The maximum absolute atomic E-state index is 12.1. The van der Waals surface area contributed by atoms with Crippen LogP contribution in [0.2, 0.25) is 0 Å². The molecule has 1 saturated heterocycles. The molecule has 92 valence electrons. The molecule has 0 aliphatic carbocycles. The van der Waals surface area contributed by atoms with Crippen molar-refractivity contribution in [2.75, 3.05) is 13.2 Å². The van der Waals surface area contributed by atoms with E-state index in [4.69, 9.17) is 4.74 Å². The number of hydrogen-bond acceptors (Lipinski definition) is 4. The number of esters is 1. The zero-order chi connectivity index (χ0) is 12.3. The summed E-state index contributed by atoms with van der Waals surface area (Å²) in [5.74, 6) is -0.518. The number of carbonyl (C=O) groups excluding carboxylic acids is 2. The van der Waals surface area contributed by atoms with E-state index in [1.807, 2.05) is 0 Å². The van der Waals surface area contributed by atoms with Gasteiger partial charge in [-0.05, 0) is 19.8 Å². The Hall–Kier alpha value is -1.85. The standard InChI is InChI=1S/C11H15N3O3/c1-2-17-11(16)9-4-3-5-14(9)10(15)8-6-12-7-13-8/h6-7,9H,2-5H2,1H3,(H,12,13). The molecule has 1 amide bonds. The van der Waals surface area contributed by atoms with Gasteiger partial charge in [-0.3, -0.25) is 4.79 Å². The first-order valence-electron chi connectivity index (χ1n) is 5.70. The summed E-state index contributed by atoms with van der Waals surface area (Å²) in [5, 5.41) is 0. The van der Waals surface area contributed by atoms with E-state index in [9.17, 15) is 9.59 Å². The van der Waals surface area contributed by atoms with Crippen LogP contribution < -0.4 is 0 Å². The Bertz CT molecular complexity index is 402. The lowest BCUT2D eigenvalue weighted by molar-refractivity contribution is -0.147. The van der Waals surface area contributed by atoms with Gasteiger partial charge in [0.1, 0.15) is 11.7 Å². The van der Waals surface area contributed by atoms with Crippen molar-refractivity contribution in [3.05, 3.63) is 18.2 Å². The highest BCUT2D eigenvalue weighted by Crippen LogP contribution is 2.20. The maximum atomic E-state index is 12.1. The molecule has 1 aromatic rings. The van der Waals surface area contributed by atoms with Gasteiger partial charge in [-0.2, -0.15) is 0 Å². The first-order chi connectivity index (χ1) is 8.24. The van der Waals surface area contributed by atoms with Crippen LogP contribution in [0.5, 0.6) is 0 Å². The van der Waals surface area contributed by atoms with Crippen LogP contribution >= 0.6 is 0 Å². The number of ether oxygens (including phenoxy) is 1. The predicted octanol–water partition coefficient (Wildman–Crippen LogP) is 0.577. The van der Waals surface area contributed by atoms with E-state index >= 15 is 0 Å². The van der Waals surface area contributed by atoms with Crippen LogP contribution in [0.25, 0.3) is 0 Å². The fourth-order valence-corrected chi connectivity index (χ4v) is 2.02. The van der Waals surface area contributed by atoms with Crippen LogP contribution in [0.3, 0.4) is 0 Å². The van der Waals surface area contributed by atoms with Crippen molar-refractivity contribution in [1.82, 2.24) is 14.9 Å². The molecule has 6 heteroatoms. The molecule has 0 radical (unpaired) electrons. The molecule has 1 atom stereocenters. The van der Waals surface area contributed by atoms with Gasteiger partial charge in [-0.25, -0.2) is 9.78 Å². The lowest BCUT2D eigenvalue weighted by Gasteiger charge is -2.22. The zero-order valence-corrected chi connectivity index (χ0v) is 9.68. The number of carbonyl (C=O) groups is 2. The molecule has 17 heavy (non-hydrogen) atoms. The summed E-state index contributed by atoms with van der Waals surface area (Å²) >= 11 is 0. The summed E-state index contributed by atoms with van der Waals surface area (Å²) in [6.07, 6.45) is 4.40. The van der Waals surface area contributed by atoms with Crippen LogP contribution in [0.4, 0.5) is 0 Å². The third-order valence-electron chi connectivity index (χ3n) is 2.80. The maximum Gasteiger partial charge on any atom is 0.328 e. The Kier molecular flexibility index (Phi) is 3.41. The first kappa shape index (κ1) is 11.6. The molecular formula is C11H15N3O3. The van der Waals surface area contributed by atoms with Crippen molar-refractivity contribution >= 4 is 11.9 Å². The van der Waals surface area contributed by atoms with Crippen molar-refractivity contribution in [3.8, 4) is 0 Å². The van der Waals surface area contributed by atoms with Gasteiger partial charge in [0, 0.05) is 6.54 Å². The quantitative estimate of drug-likeness (QED) is 0.780. The Balaban J connectivity index is 2.09. The number of amides is 1. The molecule has 0 bridgehead atoms. The highest BCUT2D eigenvalue weighted by molar-refractivity contribution is 5.95. The first-order valence-corrected chi connectivity index (χ1v) is 5.70. The highest BCUT2D eigenvalue weighted by Gasteiger charge is 2.35. The van der Waals surface area contributed by atoms with Crippen molar-refractivity contribution in [2.24, 2.45) is 0 Å². The molecule has 1 aliphatic heterocycles. The summed E-state index contributed by atoms with van der Waals surface area (Å²) in [5.41, 5.74) is 0.404. The lowest BCUT2D eigenvalue weighted by atomic mass is 10.2.